The van der Waals surface area contributed by atoms with Crippen molar-refractivity contribution >= 4 is 21.4 Å². The number of ether oxygens (including phenoxy) is 1. The van der Waals surface area contributed by atoms with Gasteiger partial charge in [0.25, 0.3) is 5.69 Å². The van der Waals surface area contributed by atoms with Crippen LogP contribution in [-0.2, 0) is 14.8 Å². The Labute approximate surface area is 184 Å². The minimum Gasteiger partial charge on any atom is -0.379 e. The van der Waals surface area contributed by atoms with Crippen LogP contribution < -0.4 is 5.32 Å². The second-order valence-electron chi connectivity index (χ2n) is 8.22. The minimum absolute atomic E-state index is 0.0530. The Hall–Kier alpha value is -1.75. The summed E-state index contributed by atoms with van der Waals surface area (Å²) >= 11 is 0. The molecule has 1 aromatic rings. The van der Waals surface area contributed by atoms with Crippen molar-refractivity contribution in [3.8, 4) is 0 Å². The summed E-state index contributed by atoms with van der Waals surface area (Å²) in [5.74, 6) is 0.505. The maximum Gasteiger partial charge on any atom is 0.293 e. The van der Waals surface area contributed by atoms with E-state index in [1.54, 1.807) is 0 Å². The van der Waals surface area contributed by atoms with Crippen LogP contribution in [-0.4, -0.2) is 74.5 Å². The van der Waals surface area contributed by atoms with E-state index in [0.29, 0.717) is 37.4 Å². The molecule has 2 aliphatic rings. The van der Waals surface area contributed by atoms with Crippen molar-refractivity contribution in [2.24, 2.45) is 5.92 Å². The fourth-order valence-electron chi connectivity index (χ4n) is 4.62. The SMILES string of the molecule is CCC(CC)[C@H](CNc1ccc(S(=O)(=O)N2CCOCC2)cc1[N+](=O)[O-])N1CCCC1. The number of rotatable bonds is 10. The van der Waals surface area contributed by atoms with Gasteiger partial charge in [0, 0.05) is 31.7 Å². The summed E-state index contributed by atoms with van der Waals surface area (Å²) in [7, 11) is -3.79. The van der Waals surface area contributed by atoms with Crippen LogP contribution in [0.5, 0.6) is 0 Å². The predicted molar refractivity (Wildman–Crippen MR) is 120 cm³/mol. The van der Waals surface area contributed by atoms with E-state index in [4.69, 9.17) is 4.74 Å². The van der Waals surface area contributed by atoms with E-state index in [2.05, 4.69) is 24.1 Å². The Morgan fingerprint density at radius 2 is 1.77 bits per heavy atom. The fraction of sp³-hybridized carbons (Fsp3) is 0.714. The zero-order valence-electron chi connectivity index (χ0n) is 18.5. The van der Waals surface area contributed by atoms with Crippen molar-refractivity contribution < 1.29 is 18.1 Å². The molecule has 2 saturated heterocycles. The fourth-order valence-corrected chi connectivity index (χ4v) is 6.05. The zero-order valence-corrected chi connectivity index (χ0v) is 19.3. The first-order valence-corrected chi connectivity index (χ1v) is 12.7. The Bertz CT molecular complexity index is 845. The van der Waals surface area contributed by atoms with E-state index in [-0.39, 0.29) is 23.7 Å². The average molecular weight is 455 g/mol. The number of benzene rings is 1. The number of nitro groups is 1. The molecule has 0 spiro atoms. The van der Waals surface area contributed by atoms with E-state index in [1.165, 1.54) is 35.3 Å². The molecule has 2 heterocycles. The minimum atomic E-state index is -3.79. The summed E-state index contributed by atoms with van der Waals surface area (Å²) in [6.07, 6.45) is 4.48. The van der Waals surface area contributed by atoms with Crippen LogP contribution in [0.3, 0.4) is 0 Å². The highest BCUT2D eigenvalue weighted by atomic mass is 32.2. The molecule has 1 N–H and O–H groups in total. The van der Waals surface area contributed by atoms with Crippen LogP contribution in [0.2, 0.25) is 0 Å². The van der Waals surface area contributed by atoms with Gasteiger partial charge >= 0.3 is 0 Å². The Morgan fingerprint density at radius 3 is 2.35 bits per heavy atom. The molecule has 2 aliphatic heterocycles. The normalized spacial score (nSPS) is 19.6. The van der Waals surface area contributed by atoms with Gasteiger partial charge in [0.1, 0.15) is 5.69 Å². The Morgan fingerprint density at radius 1 is 1.13 bits per heavy atom. The van der Waals surface area contributed by atoms with Gasteiger partial charge in [-0.1, -0.05) is 26.7 Å². The van der Waals surface area contributed by atoms with Crippen molar-refractivity contribution in [2.75, 3.05) is 51.3 Å². The molecule has 2 fully saturated rings. The van der Waals surface area contributed by atoms with Crippen LogP contribution in [0.1, 0.15) is 39.5 Å². The molecule has 31 heavy (non-hydrogen) atoms. The van der Waals surface area contributed by atoms with Gasteiger partial charge in [-0.2, -0.15) is 4.31 Å². The number of nitrogens with zero attached hydrogens (tertiary/aromatic N) is 3. The lowest BCUT2D eigenvalue weighted by Crippen LogP contribution is -2.43. The third-order valence-electron chi connectivity index (χ3n) is 6.48. The summed E-state index contributed by atoms with van der Waals surface area (Å²) < 4.78 is 32.3. The first-order chi connectivity index (χ1) is 14.9. The summed E-state index contributed by atoms with van der Waals surface area (Å²) in [6, 6.07) is 4.46. The number of likely N-dealkylation sites (tertiary alicyclic amines) is 1. The molecule has 0 bridgehead atoms. The first kappa shape index (κ1) is 23.9. The topological polar surface area (TPSA) is 105 Å². The quantitative estimate of drug-likeness (QED) is 0.428. The summed E-state index contributed by atoms with van der Waals surface area (Å²) in [6.45, 7) is 8.25. The van der Waals surface area contributed by atoms with Crippen LogP contribution >= 0.6 is 0 Å². The van der Waals surface area contributed by atoms with Gasteiger partial charge in [-0.3, -0.25) is 15.0 Å². The van der Waals surface area contributed by atoms with Crippen molar-refractivity contribution in [2.45, 2.75) is 50.5 Å². The smallest absolute Gasteiger partial charge is 0.293 e. The number of hydrogen-bond donors (Lipinski definition) is 1. The molecule has 10 heteroatoms. The lowest BCUT2D eigenvalue weighted by atomic mass is 9.93. The molecule has 3 rings (SSSR count). The second kappa shape index (κ2) is 10.7. The van der Waals surface area contributed by atoms with Crippen molar-refractivity contribution in [3.63, 3.8) is 0 Å². The van der Waals surface area contributed by atoms with E-state index >= 15 is 0 Å². The van der Waals surface area contributed by atoms with E-state index in [1.807, 2.05) is 0 Å². The molecular weight excluding hydrogens is 420 g/mol. The molecule has 0 aliphatic carbocycles. The lowest BCUT2D eigenvalue weighted by molar-refractivity contribution is -0.384. The third-order valence-corrected chi connectivity index (χ3v) is 8.37. The van der Waals surface area contributed by atoms with Gasteiger partial charge in [0.2, 0.25) is 10.0 Å². The van der Waals surface area contributed by atoms with Crippen LogP contribution in [0, 0.1) is 16.0 Å². The number of anilines is 1. The van der Waals surface area contributed by atoms with Gasteiger partial charge in [0.05, 0.1) is 23.0 Å². The van der Waals surface area contributed by atoms with Gasteiger partial charge in [-0.15, -0.1) is 0 Å². The summed E-state index contributed by atoms with van der Waals surface area (Å²) in [5, 5.41) is 15.0. The molecule has 1 atom stereocenters. The number of nitrogens with one attached hydrogen (secondary N) is 1. The molecule has 0 unspecified atom stereocenters. The van der Waals surface area contributed by atoms with Crippen LogP contribution in [0.25, 0.3) is 0 Å². The molecule has 1 aromatic carbocycles. The molecule has 0 saturated carbocycles. The largest absolute Gasteiger partial charge is 0.379 e. The molecular formula is C21H34N4O5S. The number of hydrogen-bond acceptors (Lipinski definition) is 7. The monoisotopic (exact) mass is 454 g/mol. The number of nitro benzene ring substituents is 1. The van der Waals surface area contributed by atoms with Crippen molar-refractivity contribution in [3.05, 3.63) is 28.3 Å². The van der Waals surface area contributed by atoms with Gasteiger partial charge < -0.3 is 10.1 Å². The predicted octanol–water partition coefficient (Wildman–Crippen LogP) is 2.93. The van der Waals surface area contributed by atoms with Crippen molar-refractivity contribution in [1.82, 2.24) is 9.21 Å². The molecule has 0 aromatic heterocycles. The van der Waals surface area contributed by atoms with E-state index in [9.17, 15) is 18.5 Å². The maximum atomic E-state index is 12.9. The Balaban J connectivity index is 1.81. The zero-order chi connectivity index (χ0) is 22.4. The standard InChI is InChI=1S/C21H34N4O5S/c1-3-17(4-2)21(23-9-5-6-10-23)16-22-19-8-7-18(15-20(19)25(26)27)31(28,29)24-11-13-30-14-12-24/h7-8,15,17,21-22H,3-6,9-14,16H2,1-2H3/t21-/m0/s1. The highest BCUT2D eigenvalue weighted by Gasteiger charge is 2.30. The molecule has 9 nitrogen and oxygen atoms in total. The number of sulfonamides is 1. The lowest BCUT2D eigenvalue weighted by Gasteiger charge is -2.34. The average Bonchev–Trinajstić information content (AvgIpc) is 3.31. The van der Waals surface area contributed by atoms with Crippen LogP contribution in [0.15, 0.2) is 23.1 Å². The number of morpholine rings is 1. The summed E-state index contributed by atoms with van der Waals surface area (Å²) in [5.41, 5.74) is 0.153. The first-order valence-electron chi connectivity index (χ1n) is 11.2. The highest BCUT2D eigenvalue weighted by molar-refractivity contribution is 7.89. The maximum absolute atomic E-state index is 12.9. The summed E-state index contributed by atoms with van der Waals surface area (Å²) in [4.78, 5) is 13.7. The van der Waals surface area contributed by atoms with Gasteiger partial charge in [-0.25, -0.2) is 8.42 Å². The molecule has 0 radical (unpaired) electrons. The highest BCUT2D eigenvalue weighted by Crippen LogP contribution is 2.30. The van der Waals surface area contributed by atoms with Crippen LogP contribution in [0.4, 0.5) is 11.4 Å². The van der Waals surface area contributed by atoms with Gasteiger partial charge in [0.15, 0.2) is 0 Å². The molecule has 174 valence electrons. The Kier molecular flexibility index (Phi) is 8.26. The second-order valence-corrected chi connectivity index (χ2v) is 10.2. The van der Waals surface area contributed by atoms with Gasteiger partial charge in [-0.05, 0) is 44.0 Å². The van der Waals surface area contributed by atoms with Crippen molar-refractivity contribution in [1.29, 1.82) is 0 Å². The van der Waals surface area contributed by atoms with E-state index < -0.39 is 14.9 Å². The third kappa shape index (κ3) is 5.54. The van der Waals surface area contributed by atoms with E-state index in [0.717, 1.165) is 25.9 Å². The molecule has 0 amide bonds.